The van der Waals surface area contributed by atoms with E-state index in [0.29, 0.717) is 22.9 Å². The van der Waals surface area contributed by atoms with Crippen LogP contribution >= 0.6 is 23.6 Å². The predicted molar refractivity (Wildman–Crippen MR) is 62.3 cm³/mol. The summed E-state index contributed by atoms with van der Waals surface area (Å²) in [5.41, 5.74) is 1.34. The Labute approximate surface area is 137 Å². The number of nitrogens with one attached hydrogen (secondary N) is 1. The number of benzene rings is 1. The quantitative estimate of drug-likeness (QED) is 0.221. The minimum absolute atomic E-state index is 0. The molecule has 0 radical (unpaired) electrons. The third-order valence-corrected chi connectivity index (χ3v) is 2.92. The fraction of sp³-hybridized carbons (Fsp3) is 0.300. The molecule has 0 aliphatic heterocycles. The minimum atomic E-state index is -0.189. The van der Waals surface area contributed by atoms with Crippen LogP contribution in [0.4, 0.5) is 0 Å². The Morgan fingerprint density at radius 1 is 1.56 bits per heavy atom. The summed E-state index contributed by atoms with van der Waals surface area (Å²) in [6.45, 7) is 2.22. The van der Waals surface area contributed by atoms with Crippen molar-refractivity contribution in [3.63, 3.8) is 0 Å². The largest absolute Gasteiger partial charge is 1.00 e. The van der Waals surface area contributed by atoms with Crippen LogP contribution in [0, 0.1) is 6.92 Å². The molecule has 0 saturated heterocycles. The standard InChI is InChI=1S/C10H12ClNO4S.Na/c1-7-6-8(10(13)12-5-4-11)2-3-9(7)17-16-15-14;/h2-3,6,14H,4-5H2,1H3,(H,12,13);/q;+1/p-1. The molecule has 1 N–H and O–H groups in total. The van der Waals surface area contributed by atoms with Gasteiger partial charge in [-0.3, -0.25) is 9.83 Å². The molecule has 0 heterocycles. The zero-order valence-corrected chi connectivity index (χ0v) is 13.6. The summed E-state index contributed by atoms with van der Waals surface area (Å²) in [5, 5.41) is 15.6. The van der Waals surface area contributed by atoms with Crippen molar-refractivity contribution < 1.29 is 49.0 Å². The first-order valence-electron chi connectivity index (χ1n) is 4.77. The number of carbonyl (C=O) groups excluding carboxylic acids is 1. The Bertz CT molecular complexity index is 394. The van der Waals surface area contributed by atoms with E-state index in [-0.39, 0.29) is 35.5 Å². The van der Waals surface area contributed by atoms with E-state index in [2.05, 4.69) is 14.7 Å². The maximum Gasteiger partial charge on any atom is 1.00 e. The van der Waals surface area contributed by atoms with Crippen LogP contribution in [-0.4, -0.2) is 18.3 Å². The van der Waals surface area contributed by atoms with Crippen molar-refractivity contribution in [3.05, 3.63) is 29.3 Å². The molecular weight excluding hydrogens is 289 g/mol. The second-order valence-electron chi connectivity index (χ2n) is 3.14. The molecule has 0 fully saturated rings. The van der Waals surface area contributed by atoms with Gasteiger partial charge < -0.3 is 10.6 Å². The van der Waals surface area contributed by atoms with Gasteiger partial charge in [0.2, 0.25) is 0 Å². The first-order chi connectivity index (χ1) is 8.19. The van der Waals surface area contributed by atoms with E-state index in [1.165, 1.54) is 0 Å². The summed E-state index contributed by atoms with van der Waals surface area (Å²) < 4.78 is 4.21. The number of alkyl halides is 1. The summed E-state index contributed by atoms with van der Waals surface area (Å²) >= 11 is 6.27. The molecule has 8 heteroatoms. The van der Waals surface area contributed by atoms with E-state index in [1.807, 2.05) is 0 Å². The molecule has 1 amide bonds. The van der Waals surface area contributed by atoms with E-state index in [1.54, 1.807) is 25.1 Å². The van der Waals surface area contributed by atoms with Crippen LogP contribution in [-0.2, 0) is 9.37 Å². The van der Waals surface area contributed by atoms with Crippen molar-refractivity contribution in [1.29, 1.82) is 0 Å². The molecule has 5 nitrogen and oxygen atoms in total. The van der Waals surface area contributed by atoms with Crippen LogP contribution in [0.1, 0.15) is 15.9 Å². The average molecular weight is 300 g/mol. The van der Waals surface area contributed by atoms with Gasteiger partial charge in [0.25, 0.3) is 5.91 Å². The van der Waals surface area contributed by atoms with Crippen molar-refractivity contribution in [2.24, 2.45) is 0 Å². The van der Waals surface area contributed by atoms with Crippen molar-refractivity contribution in [2.75, 3.05) is 12.4 Å². The molecule has 0 unspecified atom stereocenters. The molecule has 0 aliphatic rings. The zero-order chi connectivity index (χ0) is 12.7. The van der Waals surface area contributed by atoms with Crippen molar-refractivity contribution in [3.8, 4) is 0 Å². The normalized spacial score (nSPS) is 9.72. The number of hydrogen-bond donors (Lipinski definition) is 1. The third-order valence-electron chi connectivity index (χ3n) is 1.97. The summed E-state index contributed by atoms with van der Waals surface area (Å²) in [4.78, 5) is 12.3. The second-order valence-corrected chi connectivity index (χ2v) is 4.27. The van der Waals surface area contributed by atoms with Gasteiger partial charge >= 0.3 is 29.6 Å². The van der Waals surface area contributed by atoms with E-state index < -0.39 is 0 Å². The summed E-state index contributed by atoms with van der Waals surface area (Å²) in [7, 11) is 0. The van der Waals surface area contributed by atoms with E-state index in [9.17, 15) is 10.1 Å². The van der Waals surface area contributed by atoms with Crippen molar-refractivity contribution in [2.45, 2.75) is 11.8 Å². The van der Waals surface area contributed by atoms with E-state index >= 15 is 0 Å². The van der Waals surface area contributed by atoms with Gasteiger partial charge in [-0.1, -0.05) is 0 Å². The van der Waals surface area contributed by atoms with Crippen molar-refractivity contribution >= 4 is 29.6 Å². The predicted octanol–water partition coefficient (Wildman–Crippen LogP) is -1.80. The first-order valence-corrected chi connectivity index (χ1v) is 6.04. The maximum atomic E-state index is 11.6. The second kappa shape index (κ2) is 10.1. The number of rotatable bonds is 6. The van der Waals surface area contributed by atoms with Gasteiger partial charge in [0, 0.05) is 22.9 Å². The molecule has 18 heavy (non-hydrogen) atoms. The Hall–Kier alpha value is 0.210. The van der Waals surface area contributed by atoms with Crippen LogP contribution in [0.2, 0.25) is 0 Å². The van der Waals surface area contributed by atoms with E-state index in [4.69, 9.17) is 11.6 Å². The number of halogens is 1. The van der Waals surface area contributed by atoms with Gasteiger partial charge in [-0.05, 0) is 30.7 Å². The van der Waals surface area contributed by atoms with Gasteiger partial charge in [0.15, 0.2) is 0 Å². The molecule has 1 aromatic carbocycles. The SMILES string of the molecule is Cc1cc(C(=O)NCCCl)ccc1SOO[O-].[Na+]. The molecule has 0 aromatic heterocycles. The molecule has 1 rings (SSSR count). The Balaban J connectivity index is 0.00000289. The summed E-state index contributed by atoms with van der Waals surface area (Å²) in [5.74, 6) is 0.180. The molecule has 0 bridgehead atoms. The fourth-order valence-corrected chi connectivity index (χ4v) is 1.71. The topological polar surface area (TPSA) is 70.6 Å². The van der Waals surface area contributed by atoms with Crippen LogP contribution in [0.5, 0.6) is 0 Å². The fourth-order valence-electron chi connectivity index (χ4n) is 1.20. The molecule has 0 atom stereocenters. The third kappa shape index (κ3) is 5.90. The molecular formula is C10H11ClNNaO4S. The Morgan fingerprint density at radius 2 is 2.28 bits per heavy atom. The van der Waals surface area contributed by atoms with Crippen LogP contribution in [0.15, 0.2) is 23.1 Å². The Kier molecular flexibility index (Phi) is 10.2. The average Bonchev–Trinajstić information content (AvgIpc) is 2.34. The van der Waals surface area contributed by atoms with Crippen LogP contribution in [0.25, 0.3) is 0 Å². The number of amides is 1. The monoisotopic (exact) mass is 299 g/mol. The van der Waals surface area contributed by atoms with Crippen molar-refractivity contribution in [1.82, 2.24) is 5.32 Å². The maximum absolute atomic E-state index is 11.6. The van der Waals surface area contributed by atoms with Gasteiger partial charge in [-0.15, -0.1) is 11.6 Å². The summed E-state index contributed by atoms with van der Waals surface area (Å²) in [6.07, 6.45) is 0. The van der Waals surface area contributed by atoms with Gasteiger partial charge in [-0.2, -0.15) is 4.33 Å². The number of aryl methyl sites for hydroxylation is 1. The zero-order valence-electron chi connectivity index (χ0n) is 10.1. The Morgan fingerprint density at radius 3 is 2.83 bits per heavy atom. The smallest absolute Gasteiger partial charge is 0.691 e. The van der Waals surface area contributed by atoms with Crippen LogP contribution < -0.4 is 40.1 Å². The minimum Gasteiger partial charge on any atom is -0.691 e. The molecule has 0 aliphatic carbocycles. The van der Waals surface area contributed by atoms with Gasteiger partial charge in [0.1, 0.15) is 0 Å². The number of hydrogen-bond acceptors (Lipinski definition) is 5. The van der Waals surface area contributed by atoms with Crippen LogP contribution in [0.3, 0.4) is 0 Å². The molecule has 1 aromatic rings. The first kappa shape index (κ1) is 18.2. The molecule has 0 spiro atoms. The summed E-state index contributed by atoms with van der Waals surface area (Å²) in [6, 6.07) is 5.00. The van der Waals surface area contributed by atoms with Gasteiger partial charge in [0.05, 0.1) is 12.0 Å². The molecule has 94 valence electrons. The van der Waals surface area contributed by atoms with Gasteiger partial charge in [-0.25, -0.2) is 0 Å². The molecule has 0 saturated carbocycles. The van der Waals surface area contributed by atoms with E-state index in [0.717, 1.165) is 17.6 Å². The number of carbonyl (C=O) groups is 1.